The molecule has 0 radical (unpaired) electrons. The zero-order valence-corrected chi connectivity index (χ0v) is 10.1. The molecule has 5 heteroatoms. The van der Waals surface area contributed by atoms with E-state index in [1.807, 2.05) is 0 Å². The Bertz CT molecular complexity index is 519. The largest absolute Gasteiger partial charge is 0.262 e. The predicted molar refractivity (Wildman–Crippen MR) is 64.7 cm³/mol. The van der Waals surface area contributed by atoms with E-state index < -0.39 is 5.82 Å². The Hall–Kier alpha value is -0.830. The van der Waals surface area contributed by atoms with Crippen LogP contribution in [0.15, 0.2) is 30.6 Å². The van der Waals surface area contributed by atoms with Gasteiger partial charge in [0.2, 0.25) is 0 Å². The second-order valence-electron chi connectivity index (χ2n) is 3.11. The molecule has 0 N–H and O–H groups in total. The molecule has 0 aliphatic heterocycles. The molecule has 1 nitrogen and oxygen atoms in total. The van der Waals surface area contributed by atoms with E-state index in [2.05, 4.69) is 4.98 Å². The summed E-state index contributed by atoms with van der Waals surface area (Å²) >= 11 is 17.5. The maximum absolute atomic E-state index is 13.5. The van der Waals surface area contributed by atoms with Gasteiger partial charge in [-0.15, -0.1) is 0 Å². The minimum Gasteiger partial charge on any atom is -0.262 e. The van der Waals surface area contributed by atoms with Gasteiger partial charge in [0.15, 0.2) is 0 Å². The molecule has 0 aliphatic rings. The number of benzene rings is 1. The smallest absolute Gasteiger partial charge is 0.149 e. The molecular formula is C11H5Cl3FN. The van der Waals surface area contributed by atoms with Crippen LogP contribution in [-0.4, -0.2) is 4.98 Å². The van der Waals surface area contributed by atoms with E-state index in [1.165, 1.54) is 6.20 Å². The van der Waals surface area contributed by atoms with Crippen LogP contribution in [0.3, 0.4) is 0 Å². The lowest BCUT2D eigenvalue weighted by Gasteiger charge is -2.06. The van der Waals surface area contributed by atoms with Crippen LogP contribution >= 0.6 is 34.8 Å². The van der Waals surface area contributed by atoms with Crippen LogP contribution in [0.4, 0.5) is 4.39 Å². The Morgan fingerprint density at radius 1 is 1.06 bits per heavy atom. The quantitative estimate of drug-likeness (QED) is 0.679. The molecule has 0 saturated heterocycles. The first-order chi connectivity index (χ1) is 7.59. The SMILES string of the molecule is Fc1cnccc1-c1cc(Cl)c(Cl)c(Cl)c1. The number of hydrogen-bond acceptors (Lipinski definition) is 1. The maximum Gasteiger partial charge on any atom is 0.149 e. The fraction of sp³-hybridized carbons (Fsp3) is 0. The molecule has 0 amide bonds. The molecular weight excluding hydrogens is 271 g/mol. The van der Waals surface area contributed by atoms with Gasteiger partial charge in [-0.1, -0.05) is 34.8 Å². The molecule has 82 valence electrons. The van der Waals surface area contributed by atoms with Crippen molar-refractivity contribution in [2.75, 3.05) is 0 Å². The molecule has 1 aromatic heterocycles. The lowest BCUT2D eigenvalue weighted by Crippen LogP contribution is -1.86. The van der Waals surface area contributed by atoms with E-state index in [0.717, 1.165) is 6.20 Å². The first-order valence-corrected chi connectivity index (χ1v) is 5.47. The Balaban J connectivity index is 2.62. The van der Waals surface area contributed by atoms with Crippen LogP contribution < -0.4 is 0 Å². The Morgan fingerprint density at radius 2 is 1.69 bits per heavy atom. The second kappa shape index (κ2) is 4.58. The summed E-state index contributed by atoms with van der Waals surface area (Å²) in [7, 11) is 0. The van der Waals surface area contributed by atoms with E-state index in [1.54, 1.807) is 18.2 Å². The summed E-state index contributed by atoms with van der Waals surface area (Å²) in [5, 5.41) is 0.849. The summed E-state index contributed by atoms with van der Waals surface area (Å²) in [5.41, 5.74) is 0.953. The van der Waals surface area contributed by atoms with Gasteiger partial charge < -0.3 is 0 Å². The number of hydrogen-bond donors (Lipinski definition) is 0. The van der Waals surface area contributed by atoms with Crippen LogP contribution in [0.5, 0.6) is 0 Å². The molecule has 0 aliphatic carbocycles. The fourth-order valence-corrected chi connectivity index (χ4v) is 1.92. The van der Waals surface area contributed by atoms with Crippen molar-refractivity contribution in [1.29, 1.82) is 0 Å². The van der Waals surface area contributed by atoms with Gasteiger partial charge in [0, 0.05) is 11.8 Å². The number of pyridine rings is 1. The topological polar surface area (TPSA) is 12.9 Å². The van der Waals surface area contributed by atoms with Crippen molar-refractivity contribution in [2.24, 2.45) is 0 Å². The zero-order valence-electron chi connectivity index (χ0n) is 7.85. The highest BCUT2D eigenvalue weighted by molar-refractivity contribution is 6.48. The van der Waals surface area contributed by atoms with E-state index >= 15 is 0 Å². The lowest BCUT2D eigenvalue weighted by molar-refractivity contribution is 0.625. The van der Waals surface area contributed by atoms with Gasteiger partial charge in [-0.25, -0.2) is 4.39 Å². The number of nitrogens with zero attached hydrogens (tertiary/aromatic N) is 1. The van der Waals surface area contributed by atoms with Gasteiger partial charge in [0.1, 0.15) is 5.82 Å². The number of aromatic nitrogens is 1. The van der Waals surface area contributed by atoms with Crippen LogP contribution in [0, 0.1) is 5.82 Å². The molecule has 0 fully saturated rings. The third-order valence-electron chi connectivity index (χ3n) is 2.07. The Morgan fingerprint density at radius 3 is 2.25 bits per heavy atom. The number of rotatable bonds is 1. The van der Waals surface area contributed by atoms with Crippen molar-refractivity contribution >= 4 is 34.8 Å². The van der Waals surface area contributed by atoms with Crippen LogP contribution in [-0.2, 0) is 0 Å². The molecule has 0 saturated carbocycles. The van der Waals surface area contributed by atoms with Gasteiger partial charge >= 0.3 is 0 Å². The average molecular weight is 277 g/mol. The highest BCUT2D eigenvalue weighted by Gasteiger charge is 2.10. The average Bonchev–Trinajstić information content (AvgIpc) is 2.26. The van der Waals surface area contributed by atoms with Crippen molar-refractivity contribution < 1.29 is 4.39 Å². The van der Waals surface area contributed by atoms with Gasteiger partial charge in [-0.05, 0) is 23.8 Å². The molecule has 0 spiro atoms. The maximum atomic E-state index is 13.5. The molecule has 0 atom stereocenters. The summed E-state index contributed by atoms with van der Waals surface area (Å²) < 4.78 is 13.5. The summed E-state index contributed by atoms with van der Waals surface area (Å²) in [6.07, 6.45) is 2.63. The summed E-state index contributed by atoms with van der Waals surface area (Å²) in [5.74, 6) is -0.433. The summed E-state index contributed by atoms with van der Waals surface area (Å²) in [6, 6.07) is 4.67. The van der Waals surface area contributed by atoms with E-state index in [-0.39, 0.29) is 5.02 Å². The van der Waals surface area contributed by atoms with Gasteiger partial charge in [0.25, 0.3) is 0 Å². The first-order valence-electron chi connectivity index (χ1n) is 4.34. The highest BCUT2D eigenvalue weighted by atomic mass is 35.5. The van der Waals surface area contributed by atoms with E-state index in [0.29, 0.717) is 21.2 Å². The third-order valence-corrected chi connectivity index (χ3v) is 3.26. The standard InChI is InChI=1S/C11H5Cl3FN/c12-8-3-6(4-9(13)11(8)14)7-1-2-16-5-10(7)15/h1-5H. The third kappa shape index (κ3) is 2.14. The monoisotopic (exact) mass is 275 g/mol. The van der Waals surface area contributed by atoms with Crippen molar-refractivity contribution in [2.45, 2.75) is 0 Å². The number of halogens is 4. The fourth-order valence-electron chi connectivity index (χ4n) is 1.32. The molecule has 0 bridgehead atoms. The summed E-state index contributed by atoms with van der Waals surface area (Å²) in [6.45, 7) is 0. The van der Waals surface area contributed by atoms with E-state index in [9.17, 15) is 4.39 Å². The van der Waals surface area contributed by atoms with Crippen molar-refractivity contribution in [3.63, 3.8) is 0 Å². The molecule has 1 aromatic carbocycles. The molecule has 0 unspecified atom stereocenters. The van der Waals surface area contributed by atoms with Gasteiger partial charge in [0.05, 0.1) is 21.3 Å². The van der Waals surface area contributed by atoms with Crippen LogP contribution in [0.2, 0.25) is 15.1 Å². The van der Waals surface area contributed by atoms with Crippen LogP contribution in [0.1, 0.15) is 0 Å². The molecule has 2 aromatic rings. The second-order valence-corrected chi connectivity index (χ2v) is 4.30. The minimum absolute atomic E-state index is 0.265. The minimum atomic E-state index is -0.433. The van der Waals surface area contributed by atoms with Gasteiger partial charge in [-0.3, -0.25) is 4.98 Å². The van der Waals surface area contributed by atoms with Crippen molar-refractivity contribution in [3.8, 4) is 11.1 Å². The lowest BCUT2D eigenvalue weighted by atomic mass is 10.1. The van der Waals surface area contributed by atoms with E-state index in [4.69, 9.17) is 34.8 Å². The normalized spacial score (nSPS) is 10.5. The predicted octanol–water partition coefficient (Wildman–Crippen LogP) is 4.85. The summed E-state index contributed by atoms with van der Waals surface area (Å²) in [4.78, 5) is 3.67. The first kappa shape index (κ1) is 11.6. The van der Waals surface area contributed by atoms with Crippen molar-refractivity contribution in [3.05, 3.63) is 51.5 Å². The molecule has 2 rings (SSSR count). The Labute approximate surface area is 107 Å². The Kier molecular flexibility index (Phi) is 3.33. The highest BCUT2D eigenvalue weighted by Crippen LogP contribution is 2.35. The van der Waals surface area contributed by atoms with Gasteiger partial charge in [-0.2, -0.15) is 0 Å². The molecule has 16 heavy (non-hydrogen) atoms. The van der Waals surface area contributed by atoms with Crippen molar-refractivity contribution in [1.82, 2.24) is 4.98 Å². The van der Waals surface area contributed by atoms with Crippen LogP contribution in [0.25, 0.3) is 11.1 Å². The molecule has 1 heterocycles. The zero-order chi connectivity index (χ0) is 11.7.